The van der Waals surface area contributed by atoms with E-state index in [4.69, 9.17) is 17.3 Å². The van der Waals surface area contributed by atoms with Crippen LogP contribution in [-0.2, 0) is 25.8 Å². The second kappa shape index (κ2) is 10.8. The summed E-state index contributed by atoms with van der Waals surface area (Å²) in [5, 5.41) is 11.4. The van der Waals surface area contributed by atoms with Crippen molar-refractivity contribution in [1.29, 1.82) is 0 Å². The molecule has 3 N–H and O–H groups in total. The number of rotatable bonds is 8. The number of amides is 2. The smallest absolute Gasteiger partial charge is 0.242 e. The maximum Gasteiger partial charge on any atom is 0.242 e. The van der Waals surface area contributed by atoms with Gasteiger partial charge in [-0.3, -0.25) is 14.0 Å². The number of aromatic nitrogens is 2. The predicted molar refractivity (Wildman–Crippen MR) is 149 cm³/mol. The first-order valence-corrected chi connectivity index (χ1v) is 14.5. The number of hydrogen-bond donors (Lipinski definition) is 2. The molecule has 2 amide bonds. The van der Waals surface area contributed by atoms with Crippen molar-refractivity contribution in [2.24, 2.45) is 5.73 Å². The number of halogens is 1. The van der Waals surface area contributed by atoms with E-state index < -0.39 is 33.4 Å². The zero-order valence-corrected chi connectivity index (χ0v) is 22.6. The molecule has 5 rings (SSSR count). The number of nitrogens with zero attached hydrogens (tertiary/aromatic N) is 4. The lowest BCUT2D eigenvalue weighted by molar-refractivity contribution is -0.139. The van der Waals surface area contributed by atoms with Crippen molar-refractivity contribution >= 4 is 55.5 Å². The van der Waals surface area contributed by atoms with Gasteiger partial charge in [-0.15, -0.1) is 0 Å². The monoisotopic (exact) mass is 569 g/mol. The maximum absolute atomic E-state index is 13.2. The van der Waals surface area contributed by atoms with Gasteiger partial charge in [0.2, 0.25) is 11.8 Å². The Kier molecular flexibility index (Phi) is 7.48. The fraction of sp³-hybridized carbons (Fsp3) is 0.296. The van der Waals surface area contributed by atoms with Crippen molar-refractivity contribution in [2.75, 3.05) is 36.9 Å². The Morgan fingerprint density at radius 3 is 2.62 bits per heavy atom. The van der Waals surface area contributed by atoms with E-state index in [0.717, 1.165) is 22.3 Å². The van der Waals surface area contributed by atoms with Crippen molar-refractivity contribution in [3.8, 4) is 0 Å². The maximum atomic E-state index is 13.2. The Balaban J connectivity index is 1.29. The molecular weight excluding hydrogens is 542 g/mol. The normalized spacial score (nSPS) is 16.2. The van der Waals surface area contributed by atoms with Crippen LogP contribution < -0.4 is 10.6 Å². The summed E-state index contributed by atoms with van der Waals surface area (Å²) in [4.78, 5) is 33.5. The average Bonchev–Trinajstić information content (AvgIpc) is 3.34. The van der Waals surface area contributed by atoms with Gasteiger partial charge in [0.05, 0.1) is 16.3 Å². The summed E-state index contributed by atoms with van der Waals surface area (Å²) in [6, 6.07) is 14.6. The van der Waals surface area contributed by atoms with Crippen molar-refractivity contribution in [3.63, 3.8) is 0 Å². The van der Waals surface area contributed by atoms with Crippen molar-refractivity contribution in [3.05, 3.63) is 71.5 Å². The largest absolute Gasteiger partial charge is 0.396 e. The zero-order valence-electron chi connectivity index (χ0n) is 21.0. The molecule has 39 heavy (non-hydrogen) atoms. The molecule has 204 valence electrons. The van der Waals surface area contributed by atoms with Crippen LogP contribution in [0, 0.1) is 0 Å². The van der Waals surface area contributed by atoms with E-state index in [1.165, 1.54) is 11.0 Å². The summed E-state index contributed by atoms with van der Waals surface area (Å²) in [5.41, 5.74) is 7.13. The standard InChI is InChI=1S/C27H28ClN5O5S/c28-20-6-4-19-15-22(7-5-18(19)14-20)39(37,38)13-9-26(35)32-11-10-31(17-23(32)27(29)36)25-3-1-2-24-30-21(8-12-34)16-33(24)25/h1-7,14-16,23,34H,8-13,17H2,(H2,29,36). The average molecular weight is 570 g/mol. The first kappa shape index (κ1) is 26.9. The van der Waals surface area contributed by atoms with Crippen LogP contribution in [0.4, 0.5) is 5.82 Å². The summed E-state index contributed by atoms with van der Waals surface area (Å²) in [7, 11) is -3.75. The summed E-state index contributed by atoms with van der Waals surface area (Å²) in [6.45, 7) is 0.767. The van der Waals surface area contributed by atoms with Gasteiger partial charge in [0.25, 0.3) is 0 Å². The highest BCUT2D eigenvalue weighted by Gasteiger charge is 2.35. The quantitative estimate of drug-likeness (QED) is 0.331. The first-order valence-electron chi connectivity index (χ1n) is 12.5. The summed E-state index contributed by atoms with van der Waals surface area (Å²) in [6.07, 6.45) is 1.99. The van der Waals surface area contributed by atoms with Crippen molar-refractivity contribution in [1.82, 2.24) is 14.3 Å². The third-order valence-electron chi connectivity index (χ3n) is 6.96. The van der Waals surface area contributed by atoms with Gasteiger partial charge in [0.15, 0.2) is 9.84 Å². The van der Waals surface area contributed by atoms with E-state index in [1.807, 2.05) is 33.7 Å². The molecule has 12 heteroatoms. The third kappa shape index (κ3) is 5.56. The molecule has 1 aliphatic rings. The second-order valence-electron chi connectivity index (χ2n) is 9.49. The van der Waals surface area contributed by atoms with Gasteiger partial charge in [-0.25, -0.2) is 13.4 Å². The molecule has 0 bridgehead atoms. The molecule has 2 aromatic carbocycles. The number of piperazine rings is 1. The molecule has 10 nitrogen and oxygen atoms in total. The number of fused-ring (bicyclic) bond motifs is 2. The lowest BCUT2D eigenvalue weighted by Crippen LogP contribution is -2.60. The molecule has 0 saturated carbocycles. The molecule has 1 unspecified atom stereocenters. The highest BCUT2D eigenvalue weighted by Crippen LogP contribution is 2.25. The molecule has 0 aliphatic carbocycles. The first-order chi connectivity index (χ1) is 18.7. The Bertz CT molecular complexity index is 1670. The van der Waals surface area contributed by atoms with E-state index in [1.54, 1.807) is 30.3 Å². The zero-order chi connectivity index (χ0) is 27.7. The van der Waals surface area contributed by atoms with Crippen LogP contribution in [0.3, 0.4) is 0 Å². The van der Waals surface area contributed by atoms with E-state index >= 15 is 0 Å². The number of nitrogens with two attached hydrogens (primary N) is 1. The highest BCUT2D eigenvalue weighted by atomic mass is 35.5. The van der Waals surface area contributed by atoms with Gasteiger partial charge in [0, 0.05) is 50.3 Å². The van der Waals surface area contributed by atoms with Gasteiger partial charge in [-0.05, 0) is 47.2 Å². The molecule has 0 radical (unpaired) electrons. The van der Waals surface area contributed by atoms with Crippen LogP contribution in [0.5, 0.6) is 0 Å². The molecule has 1 saturated heterocycles. The topological polar surface area (TPSA) is 138 Å². The number of hydrogen-bond acceptors (Lipinski definition) is 7. The molecule has 2 aromatic heterocycles. The molecule has 0 spiro atoms. The van der Waals surface area contributed by atoms with E-state index in [2.05, 4.69) is 4.98 Å². The van der Waals surface area contributed by atoms with Gasteiger partial charge < -0.3 is 20.6 Å². The molecule has 3 heterocycles. The fourth-order valence-corrected chi connectivity index (χ4v) is 6.39. The van der Waals surface area contributed by atoms with Gasteiger partial charge in [0.1, 0.15) is 17.5 Å². The van der Waals surface area contributed by atoms with Gasteiger partial charge in [-0.2, -0.15) is 0 Å². The Hall–Kier alpha value is -3.67. The van der Waals surface area contributed by atoms with E-state index in [9.17, 15) is 23.1 Å². The summed E-state index contributed by atoms with van der Waals surface area (Å²) in [5.74, 6) is -0.718. The van der Waals surface area contributed by atoms with Crippen molar-refractivity contribution < 1.29 is 23.1 Å². The Morgan fingerprint density at radius 2 is 1.85 bits per heavy atom. The highest BCUT2D eigenvalue weighted by molar-refractivity contribution is 7.91. The number of imidazole rings is 1. The molecule has 1 fully saturated rings. The van der Waals surface area contributed by atoms with Crippen LogP contribution in [-0.4, -0.2) is 77.7 Å². The summed E-state index contributed by atoms with van der Waals surface area (Å²) >= 11 is 6.01. The number of primary amides is 1. The molecule has 1 atom stereocenters. The third-order valence-corrected chi connectivity index (χ3v) is 8.91. The number of benzene rings is 2. The molecule has 1 aliphatic heterocycles. The molecule has 4 aromatic rings. The van der Waals surface area contributed by atoms with Crippen molar-refractivity contribution in [2.45, 2.75) is 23.8 Å². The summed E-state index contributed by atoms with van der Waals surface area (Å²) < 4.78 is 27.9. The van der Waals surface area contributed by atoms with Crippen LogP contribution in [0.15, 0.2) is 65.7 Å². The number of aliphatic hydroxyl groups is 1. The number of carbonyl (C=O) groups excluding carboxylic acids is 2. The van der Waals surface area contributed by atoms with Gasteiger partial charge >= 0.3 is 0 Å². The number of carbonyl (C=O) groups is 2. The van der Waals surface area contributed by atoms with E-state index in [0.29, 0.717) is 23.6 Å². The minimum absolute atomic E-state index is 0.0186. The Labute approximate surface area is 230 Å². The van der Waals surface area contributed by atoms with Gasteiger partial charge in [-0.1, -0.05) is 29.8 Å². The number of sulfone groups is 1. The number of aliphatic hydroxyl groups excluding tert-OH is 1. The minimum Gasteiger partial charge on any atom is -0.396 e. The van der Waals surface area contributed by atoms with Crippen LogP contribution in [0.2, 0.25) is 5.02 Å². The van der Waals surface area contributed by atoms with Crippen LogP contribution in [0.25, 0.3) is 16.4 Å². The lowest BCUT2D eigenvalue weighted by atomic mass is 10.1. The molecular formula is C27H28ClN5O5S. The van der Waals surface area contributed by atoms with E-state index in [-0.39, 0.29) is 31.0 Å². The number of pyridine rings is 1. The Morgan fingerprint density at radius 1 is 1.08 bits per heavy atom. The fourth-order valence-electron chi connectivity index (χ4n) is 4.94. The SMILES string of the molecule is NC(=O)C1CN(c2cccc3nc(CCO)cn23)CCN1C(=O)CCS(=O)(=O)c1ccc2cc(Cl)ccc2c1. The van der Waals surface area contributed by atoms with Crippen LogP contribution in [0.1, 0.15) is 12.1 Å². The lowest BCUT2D eigenvalue weighted by Gasteiger charge is -2.41. The second-order valence-corrected chi connectivity index (χ2v) is 12.0. The minimum atomic E-state index is -3.75. The predicted octanol–water partition coefficient (Wildman–Crippen LogP) is 2.04. The van der Waals surface area contributed by atoms with Crippen LogP contribution >= 0.6 is 11.6 Å². The number of anilines is 1.